The van der Waals surface area contributed by atoms with Crippen LogP contribution in [0.2, 0.25) is 0 Å². The van der Waals surface area contributed by atoms with Crippen molar-refractivity contribution in [1.29, 1.82) is 5.41 Å². The van der Waals surface area contributed by atoms with Crippen LogP contribution in [0.3, 0.4) is 0 Å². The van der Waals surface area contributed by atoms with Gasteiger partial charge in [-0.2, -0.15) is 0 Å². The molecule has 0 aliphatic heterocycles. The number of nitrogens with zero attached hydrogens (tertiary/aromatic N) is 3. The van der Waals surface area contributed by atoms with Crippen molar-refractivity contribution in [2.45, 2.75) is 45.6 Å². The SMILES string of the molecule is CCOC(=O)c1c(NC(=O)c2cc3c(=O)n4ccccc4nc3n(CCc3ccccc3)c2=N)sc2c1CCCC2. The number of benzene rings is 1. The van der Waals surface area contributed by atoms with Gasteiger partial charge in [0.05, 0.1) is 23.1 Å². The maximum Gasteiger partial charge on any atom is 0.341 e. The largest absolute Gasteiger partial charge is 0.462 e. The van der Waals surface area contributed by atoms with Crippen LogP contribution in [-0.4, -0.2) is 32.4 Å². The summed E-state index contributed by atoms with van der Waals surface area (Å²) in [5, 5.41) is 12.6. The average Bonchev–Trinajstić information content (AvgIpc) is 3.35. The third-order valence-electron chi connectivity index (χ3n) is 7.41. The molecule has 0 spiro atoms. The molecule has 0 unspecified atom stereocenters. The van der Waals surface area contributed by atoms with E-state index in [9.17, 15) is 14.4 Å². The van der Waals surface area contributed by atoms with E-state index in [1.807, 2.05) is 30.3 Å². The number of hydrogen-bond acceptors (Lipinski definition) is 7. The molecule has 5 aromatic rings. The van der Waals surface area contributed by atoms with Crippen LogP contribution in [0, 0.1) is 5.41 Å². The summed E-state index contributed by atoms with van der Waals surface area (Å²) < 4.78 is 8.39. The zero-order valence-electron chi connectivity index (χ0n) is 22.6. The molecule has 0 atom stereocenters. The number of amides is 1. The molecule has 1 aliphatic rings. The molecule has 6 rings (SSSR count). The molecule has 0 saturated carbocycles. The minimum Gasteiger partial charge on any atom is -0.462 e. The molecule has 0 radical (unpaired) electrons. The first kappa shape index (κ1) is 26.6. The lowest BCUT2D eigenvalue weighted by Crippen LogP contribution is -2.32. The second-order valence-corrected chi connectivity index (χ2v) is 11.1. The Balaban J connectivity index is 1.47. The van der Waals surface area contributed by atoms with Crippen LogP contribution in [0.15, 0.2) is 65.6 Å². The summed E-state index contributed by atoms with van der Waals surface area (Å²) in [7, 11) is 0. The minimum atomic E-state index is -0.563. The number of anilines is 1. The number of carbonyl (C=O) groups excluding carboxylic acids is 2. The average molecular weight is 568 g/mol. The standard InChI is InChI=1S/C31H29N5O4S/c1-2-40-31(39)25-20-12-6-7-13-23(20)41-29(25)34-28(37)21-18-22-27(33-24-14-8-9-16-35(24)30(22)38)36(26(21)32)17-15-19-10-4-3-5-11-19/h3-5,8-11,14,16,18,32H,2,6-7,12-13,15,17H2,1H3,(H,34,37). The van der Waals surface area contributed by atoms with E-state index in [1.54, 1.807) is 35.9 Å². The van der Waals surface area contributed by atoms with Crippen LogP contribution in [0.5, 0.6) is 0 Å². The van der Waals surface area contributed by atoms with Gasteiger partial charge in [-0.05, 0) is 68.4 Å². The molecule has 0 bridgehead atoms. The monoisotopic (exact) mass is 567 g/mol. The lowest BCUT2D eigenvalue weighted by atomic mass is 9.95. The van der Waals surface area contributed by atoms with Crippen molar-refractivity contribution >= 4 is 44.9 Å². The molecule has 1 aromatic carbocycles. The number of aromatic nitrogens is 3. The number of aryl methyl sites for hydroxylation is 3. The predicted molar refractivity (Wildman–Crippen MR) is 158 cm³/mol. The maximum absolute atomic E-state index is 13.8. The molecule has 4 aromatic heterocycles. The summed E-state index contributed by atoms with van der Waals surface area (Å²) in [5.41, 5.74) is 2.84. The van der Waals surface area contributed by atoms with Crippen LogP contribution in [0.4, 0.5) is 5.00 Å². The van der Waals surface area contributed by atoms with Crippen molar-refractivity contribution in [3.8, 4) is 0 Å². The zero-order valence-corrected chi connectivity index (χ0v) is 23.4. The van der Waals surface area contributed by atoms with Gasteiger partial charge in [0.1, 0.15) is 21.8 Å². The van der Waals surface area contributed by atoms with E-state index < -0.39 is 11.9 Å². The van der Waals surface area contributed by atoms with Gasteiger partial charge in [-0.25, -0.2) is 9.78 Å². The van der Waals surface area contributed by atoms with Gasteiger partial charge < -0.3 is 14.6 Å². The number of pyridine rings is 2. The third kappa shape index (κ3) is 4.95. The summed E-state index contributed by atoms with van der Waals surface area (Å²) in [5.74, 6) is -1.02. The Morgan fingerprint density at radius 1 is 1.10 bits per heavy atom. The number of nitrogens with one attached hydrogen (secondary N) is 2. The summed E-state index contributed by atoms with van der Waals surface area (Å²) >= 11 is 1.39. The van der Waals surface area contributed by atoms with Crippen LogP contribution in [0.25, 0.3) is 16.7 Å². The van der Waals surface area contributed by atoms with Gasteiger partial charge in [-0.1, -0.05) is 36.4 Å². The minimum absolute atomic E-state index is 0.0292. The van der Waals surface area contributed by atoms with Crippen LogP contribution in [-0.2, 0) is 30.5 Å². The number of carbonyl (C=O) groups is 2. The number of ether oxygens (including phenoxy) is 1. The molecular weight excluding hydrogens is 538 g/mol. The summed E-state index contributed by atoms with van der Waals surface area (Å²) in [4.78, 5) is 46.1. The highest BCUT2D eigenvalue weighted by Crippen LogP contribution is 2.38. The molecule has 0 saturated heterocycles. The fourth-order valence-corrected chi connectivity index (χ4v) is 6.68. The Hall–Kier alpha value is -4.57. The molecule has 208 valence electrons. The second-order valence-electron chi connectivity index (χ2n) is 9.97. The number of hydrogen-bond donors (Lipinski definition) is 2. The molecule has 41 heavy (non-hydrogen) atoms. The molecular formula is C31H29N5O4S. The van der Waals surface area contributed by atoms with Crippen LogP contribution >= 0.6 is 11.3 Å². The first-order chi connectivity index (χ1) is 20.0. The van der Waals surface area contributed by atoms with E-state index >= 15 is 0 Å². The molecule has 4 heterocycles. The molecule has 1 aliphatic carbocycles. The quantitative estimate of drug-likeness (QED) is 0.218. The number of fused-ring (bicyclic) bond motifs is 3. The predicted octanol–water partition coefficient (Wildman–Crippen LogP) is 4.74. The Kier molecular flexibility index (Phi) is 7.23. The highest BCUT2D eigenvalue weighted by atomic mass is 32.1. The Bertz CT molecular complexity index is 1920. The van der Waals surface area contributed by atoms with Crippen LogP contribution in [0.1, 0.15) is 56.5 Å². The van der Waals surface area contributed by atoms with E-state index in [4.69, 9.17) is 15.1 Å². The number of esters is 1. The molecule has 10 heteroatoms. The van der Waals surface area contributed by atoms with Gasteiger partial charge in [0.15, 0.2) is 0 Å². The van der Waals surface area contributed by atoms with E-state index in [1.165, 1.54) is 21.8 Å². The van der Waals surface area contributed by atoms with Gasteiger partial charge in [0.25, 0.3) is 11.5 Å². The zero-order chi connectivity index (χ0) is 28.5. The van der Waals surface area contributed by atoms with Crippen molar-refractivity contribution < 1.29 is 14.3 Å². The Labute approximate surface area is 239 Å². The van der Waals surface area contributed by atoms with Crippen LogP contribution < -0.4 is 16.4 Å². The summed E-state index contributed by atoms with van der Waals surface area (Å²) in [6, 6.07) is 16.6. The first-order valence-corrected chi connectivity index (χ1v) is 14.5. The highest BCUT2D eigenvalue weighted by molar-refractivity contribution is 7.17. The van der Waals surface area contributed by atoms with Crippen molar-refractivity contribution in [3.05, 3.63) is 104 Å². The van der Waals surface area contributed by atoms with Crippen molar-refractivity contribution in [2.75, 3.05) is 11.9 Å². The lowest BCUT2D eigenvalue weighted by Gasteiger charge is -2.15. The fraction of sp³-hybridized carbons (Fsp3) is 0.258. The van der Waals surface area contributed by atoms with Crippen molar-refractivity contribution in [1.82, 2.24) is 14.0 Å². The maximum atomic E-state index is 13.8. The summed E-state index contributed by atoms with van der Waals surface area (Å²) in [6.07, 6.45) is 5.81. The third-order valence-corrected chi connectivity index (χ3v) is 8.62. The van der Waals surface area contributed by atoms with Crippen molar-refractivity contribution in [3.63, 3.8) is 0 Å². The van der Waals surface area contributed by atoms with Gasteiger partial charge in [0, 0.05) is 17.6 Å². The second kappa shape index (κ2) is 11.1. The van der Waals surface area contributed by atoms with E-state index in [0.717, 1.165) is 41.7 Å². The van der Waals surface area contributed by atoms with E-state index in [0.29, 0.717) is 34.8 Å². The van der Waals surface area contributed by atoms with Gasteiger partial charge in [-0.15, -0.1) is 11.3 Å². The normalized spacial score (nSPS) is 12.8. The Morgan fingerprint density at radius 2 is 1.88 bits per heavy atom. The van der Waals surface area contributed by atoms with Gasteiger partial charge >= 0.3 is 5.97 Å². The highest BCUT2D eigenvalue weighted by Gasteiger charge is 2.28. The van der Waals surface area contributed by atoms with Gasteiger partial charge in [0.2, 0.25) is 0 Å². The van der Waals surface area contributed by atoms with E-state index in [2.05, 4.69) is 5.32 Å². The smallest absolute Gasteiger partial charge is 0.341 e. The first-order valence-electron chi connectivity index (χ1n) is 13.7. The topological polar surface area (TPSA) is 119 Å². The number of rotatable bonds is 7. The fourth-order valence-electron chi connectivity index (χ4n) is 5.41. The van der Waals surface area contributed by atoms with E-state index in [-0.39, 0.29) is 28.6 Å². The Morgan fingerprint density at radius 3 is 2.68 bits per heavy atom. The van der Waals surface area contributed by atoms with Gasteiger partial charge in [-0.3, -0.25) is 19.4 Å². The summed E-state index contributed by atoms with van der Waals surface area (Å²) in [6.45, 7) is 2.32. The molecule has 2 N–H and O–H groups in total. The molecule has 9 nitrogen and oxygen atoms in total. The molecule has 0 fully saturated rings. The molecule has 1 amide bonds. The lowest BCUT2D eigenvalue weighted by molar-refractivity contribution is 0.0526. The van der Waals surface area contributed by atoms with Crippen molar-refractivity contribution in [2.24, 2.45) is 0 Å². The number of thiophene rings is 1.